The van der Waals surface area contributed by atoms with Crippen LogP contribution in [0.1, 0.15) is 39.5 Å². The molecule has 0 amide bonds. The summed E-state index contributed by atoms with van der Waals surface area (Å²) in [5.74, 6) is -0.804. The third kappa shape index (κ3) is 11.8. The first kappa shape index (κ1) is 18.5. The summed E-state index contributed by atoms with van der Waals surface area (Å²) >= 11 is 0. The number of hydrogen-bond donors (Lipinski definition) is 1. The van der Waals surface area contributed by atoms with Crippen molar-refractivity contribution < 1.29 is 9.90 Å². The third-order valence-electron chi connectivity index (χ3n) is 1.60. The van der Waals surface area contributed by atoms with Crippen molar-refractivity contribution in [3.8, 4) is 0 Å². The van der Waals surface area contributed by atoms with Crippen molar-refractivity contribution in [1.29, 1.82) is 0 Å². The minimum absolute atomic E-state index is 0. The molecule has 80 valence electrons. The highest BCUT2D eigenvalue weighted by atomic mass is 35.5. The number of carboxylic acid groups (broad SMARTS) is 1. The molecule has 0 spiro atoms. The van der Waals surface area contributed by atoms with Crippen LogP contribution in [0.5, 0.6) is 0 Å². The highest BCUT2D eigenvalue weighted by Crippen LogP contribution is 2.02. The highest BCUT2D eigenvalue weighted by molar-refractivity contribution is 5.86. The average Bonchev–Trinajstić information content (AvgIpc) is 1.97. The average molecular weight is 229 g/mol. The second-order valence-electron chi connectivity index (χ2n) is 2.69. The van der Waals surface area contributed by atoms with Gasteiger partial charge in [0, 0.05) is 5.57 Å². The monoisotopic (exact) mass is 228 g/mol. The number of aliphatic carboxylic acids is 1. The van der Waals surface area contributed by atoms with Gasteiger partial charge >= 0.3 is 5.97 Å². The van der Waals surface area contributed by atoms with E-state index < -0.39 is 5.97 Å². The topological polar surface area (TPSA) is 37.3 Å². The van der Waals surface area contributed by atoms with Crippen molar-refractivity contribution >= 4 is 30.8 Å². The van der Waals surface area contributed by atoms with Gasteiger partial charge in [-0.2, -0.15) is 0 Å². The Morgan fingerprint density at radius 1 is 1.31 bits per heavy atom. The SMILES string of the molecule is CCCCCC=C(C)C(=O)O.Cl.Cl. The number of carboxylic acids is 1. The molecule has 0 aliphatic heterocycles. The van der Waals surface area contributed by atoms with Crippen LogP contribution in [0, 0.1) is 0 Å². The first-order valence-corrected chi connectivity index (χ1v) is 4.08. The Morgan fingerprint density at radius 2 is 1.85 bits per heavy atom. The molecule has 4 heteroatoms. The van der Waals surface area contributed by atoms with Crippen molar-refractivity contribution in [2.75, 3.05) is 0 Å². The lowest BCUT2D eigenvalue weighted by molar-refractivity contribution is -0.132. The van der Waals surface area contributed by atoms with Gasteiger partial charge in [-0.15, -0.1) is 24.8 Å². The molecule has 0 aliphatic carbocycles. The largest absolute Gasteiger partial charge is 0.478 e. The molecule has 1 N–H and O–H groups in total. The van der Waals surface area contributed by atoms with Crippen LogP contribution >= 0.6 is 24.8 Å². The van der Waals surface area contributed by atoms with E-state index in [1.807, 2.05) is 0 Å². The van der Waals surface area contributed by atoms with Crippen LogP contribution in [0.2, 0.25) is 0 Å². The van der Waals surface area contributed by atoms with Crippen LogP contribution < -0.4 is 0 Å². The van der Waals surface area contributed by atoms with Crippen LogP contribution in [-0.2, 0) is 4.79 Å². The number of unbranched alkanes of at least 4 members (excludes halogenated alkanes) is 3. The summed E-state index contributed by atoms with van der Waals surface area (Å²) in [7, 11) is 0. The first-order valence-electron chi connectivity index (χ1n) is 4.08. The first-order chi connectivity index (χ1) is 5.18. The van der Waals surface area contributed by atoms with E-state index in [0.717, 1.165) is 12.8 Å². The van der Waals surface area contributed by atoms with Gasteiger partial charge in [-0.05, 0) is 19.8 Å². The van der Waals surface area contributed by atoms with Crippen molar-refractivity contribution in [2.45, 2.75) is 39.5 Å². The molecule has 0 aromatic rings. The van der Waals surface area contributed by atoms with Gasteiger partial charge in [0.15, 0.2) is 0 Å². The molecule has 0 atom stereocenters. The Morgan fingerprint density at radius 3 is 2.23 bits per heavy atom. The molecule has 2 nitrogen and oxygen atoms in total. The Hall–Kier alpha value is -0.210. The summed E-state index contributed by atoms with van der Waals surface area (Å²) in [4.78, 5) is 10.3. The minimum Gasteiger partial charge on any atom is -0.478 e. The van der Waals surface area contributed by atoms with E-state index in [9.17, 15) is 4.79 Å². The molecule has 0 unspecified atom stereocenters. The summed E-state index contributed by atoms with van der Waals surface area (Å²) in [5, 5.41) is 8.47. The maximum atomic E-state index is 10.3. The molecule has 13 heavy (non-hydrogen) atoms. The lowest BCUT2D eigenvalue weighted by Gasteiger charge is -1.93. The Kier molecular flexibility index (Phi) is 16.8. The molecule has 0 aromatic heterocycles. The zero-order valence-electron chi connectivity index (χ0n) is 8.08. The number of rotatable bonds is 5. The van der Waals surface area contributed by atoms with Crippen molar-refractivity contribution in [3.63, 3.8) is 0 Å². The molecule has 0 saturated heterocycles. The van der Waals surface area contributed by atoms with Gasteiger partial charge in [-0.1, -0.05) is 25.8 Å². The van der Waals surface area contributed by atoms with E-state index in [-0.39, 0.29) is 24.8 Å². The Balaban J connectivity index is -0.000000500. The zero-order valence-corrected chi connectivity index (χ0v) is 9.71. The fraction of sp³-hybridized carbons (Fsp3) is 0.667. The van der Waals surface area contributed by atoms with E-state index in [4.69, 9.17) is 5.11 Å². The molecule has 0 rings (SSSR count). The fourth-order valence-electron chi connectivity index (χ4n) is 0.800. The summed E-state index contributed by atoms with van der Waals surface area (Å²) in [6.07, 6.45) is 6.15. The standard InChI is InChI=1S/C9H16O2.2ClH/c1-3-4-5-6-7-8(2)9(10)11;;/h7H,3-6H2,1-2H3,(H,10,11);2*1H. The van der Waals surface area contributed by atoms with Crippen LogP contribution in [0.25, 0.3) is 0 Å². The quantitative estimate of drug-likeness (QED) is 0.579. The molecule has 0 bridgehead atoms. The van der Waals surface area contributed by atoms with Gasteiger partial charge in [0.25, 0.3) is 0 Å². The maximum Gasteiger partial charge on any atom is 0.330 e. The van der Waals surface area contributed by atoms with Gasteiger partial charge in [0.05, 0.1) is 0 Å². The lowest BCUT2D eigenvalue weighted by atomic mass is 10.1. The predicted molar refractivity (Wildman–Crippen MR) is 60.0 cm³/mol. The van der Waals surface area contributed by atoms with Crippen molar-refractivity contribution in [2.24, 2.45) is 0 Å². The normalized spacial score (nSPS) is 9.85. The molecule has 0 aromatic carbocycles. The maximum absolute atomic E-state index is 10.3. The van der Waals surface area contributed by atoms with E-state index >= 15 is 0 Å². The zero-order chi connectivity index (χ0) is 8.69. The molecular weight excluding hydrogens is 211 g/mol. The van der Waals surface area contributed by atoms with Gasteiger partial charge in [-0.25, -0.2) is 4.79 Å². The fourth-order valence-corrected chi connectivity index (χ4v) is 0.800. The smallest absolute Gasteiger partial charge is 0.330 e. The van der Waals surface area contributed by atoms with Crippen molar-refractivity contribution in [1.82, 2.24) is 0 Å². The van der Waals surface area contributed by atoms with E-state index in [2.05, 4.69) is 6.92 Å². The number of hydrogen-bond acceptors (Lipinski definition) is 1. The van der Waals surface area contributed by atoms with E-state index in [0.29, 0.717) is 5.57 Å². The van der Waals surface area contributed by atoms with Gasteiger partial charge in [0.2, 0.25) is 0 Å². The molecule has 0 aliphatic rings. The van der Waals surface area contributed by atoms with Crippen LogP contribution in [0.3, 0.4) is 0 Å². The second-order valence-corrected chi connectivity index (χ2v) is 2.69. The van der Waals surface area contributed by atoms with Crippen LogP contribution in [-0.4, -0.2) is 11.1 Å². The minimum atomic E-state index is -0.804. The molecular formula is C9H18Cl2O2. The van der Waals surface area contributed by atoms with E-state index in [1.54, 1.807) is 13.0 Å². The second kappa shape index (κ2) is 11.8. The number of halogens is 2. The highest BCUT2D eigenvalue weighted by Gasteiger charge is 1.96. The van der Waals surface area contributed by atoms with Gasteiger partial charge < -0.3 is 5.11 Å². The number of carbonyl (C=O) groups is 1. The predicted octanol–water partition coefficient (Wildman–Crippen LogP) is 3.44. The van der Waals surface area contributed by atoms with Crippen LogP contribution in [0.4, 0.5) is 0 Å². The molecule has 0 heterocycles. The molecule has 0 fully saturated rings. The summed E-state index contributed by atoms with van der Waals surface area (Å²) in [6, 6.07) is 0. The van der Waals surface area contributed by atoms with E-state index in [1.165, 1.54) is 12.8 Å². The summed E-state index contributed by atoms with van der Waals surface area (Å²) in [6.45, 7) is 3.77. The Bertz CT molecular complexity index is 156. The summed E-state index contributed by atoms with van der Waals surface area (Å²) in [5.41, 5.74) is 0.459. The lowest BCUT2D eigenvalue weighted by Crippen LogP contribution is -1.95. The van der Waals surface area contributed by atoms with Gasteiger partial charge in [-0.3, -0.25) is 0 Å². The number of allylic oxidation sites excluding steroid dienone is 1. The Labute approximate surface area is 92.2 Å². The van der Waals surface area contributed by atoms with Crippen molar-refractivity contribution in [3.05, 3.63) is 11.6 Å². The van der Waals surface area contributed by atoms with Gasteiger partial charge in [0.1, 0.15) is 0 Å². The van der Waals surface area contributed by atoms with Crippen LogP contribution in [0.15, 0.2) is 11.6 Å². The third-order valence-corrected chi connectivity index (χ3v) is 1.60. The summed E-state index contributed by atoms with van der Waals surface area (Å²) < 4.78 is 0. The molecule has 0 radical (unpaired) electrons. The molecule has 0 saturated carbocycles.